The third-order valence-electron chi connectivity index (χ3n) is 2.51. The van der Waals surface area contributed by atoms with E-state index in [1.165, 1.54) is 0 Å². The van der Waals surface area contributed by atoms with Crippen molar-refractivity contribution >= 4 is 11.4 Å². The van der Waals surface area contributed by atoms with Crippen LogP contribution in [-0.4, -0.2) is 15.2 Å². The number of carbonyl (C=O) groups is 1. The van der Waals surface area contributed by atoms with E-state index in [9.17, 15) is 4.79 Å². The molecule has 2 aromatic heterocycles. The number of pyridine rings is 1. The van der Waals surface area contributed by atoms with Gasteiger partial charge in [0.05, 0.1) is 6.20 Å². The van der Waals surface area contributed by atoms with E-state index in [2.05, 4.69) is 4.98 Å². The number of nitrogens with zero attached hydrogens (tertiary/aromatic N) is 2. The topological polar surface area (TPSA) is 34.4 Å². The monoisotopic (exact) mass is 202 g/mol. The number of aryl methyl sites for hydroxylation is 1. The fourth-order valence-corrected chi connectivity index (χ4v) is 1.63. The number of carbonyl (C=O) groups excluding carboxylic acids is 1. The first kappa shape index (κ1) is 9.90. The Hall–Kier alpha value is -1.64. The highest BCUT2D eigenvalue weighted by atomic mass is 16.1. The van der Waals surface area contributed by atoms with Gasteiger partial charge in [-0.1, -0.05) is 19.9 Å². The van der Waals surface area contributed by atoms with E-state index in [1.807, 2.05) is 43.5 Å². The molecular formula is C12H14N2O. The molecule has 0 radical (unpaired) electrons. The second kappa shape index (κ2) is 3.50. The Morgan fingerprint density at radius 1 is 1.47 bits per heavy atom. The van der Waals surface area contributed by atoms with Crippen molar-refractivity contribution in [3.63, 3.8) is 0 Å². The van der Waals surface area contributed by atoms with Crippen molar-refractivity contribution in [2.75, 3.05) is 0 Å². The van der Waals surface area contributed by atoms with Crippen molar-refractivity contribution < 1.29 is 4.79 Å². The second-order valence-corrected chi connectivity index (χ2v) is 4.05. The number of Topliss-reactive ketones (excluding diaryl/α,β-unsaturated/α-hetero) is 1. The molecule has 2 heterocycles. The van der Waals surface area contributed by atoms with Crippen LogP contribution in [0.2, 0.25) is 0 Å². The van der Waals surface area contributed by atoms with Crippen LogP contribution in [0.5, 0.6) is 0 Å². The highest BCUT2D eigenvalue weighted by Crippen LogP contribution is 2.14. The van der Waals surface area contributed by atoms with Crippen molar-refractivity contribution in [3.05, 3.63) is 35.8 Å². The molecular weight excluding hydrogens is 188 g/mol. The summed E-state index contributed by atoms with van der Waals surface area (Å²) < 4.78 is 1.86. The Morgan fingerprint density at radius 3 is 2.87 bits per heavy atom. The number of imidazole rings is 1. The SMILES string of the molecule is Cc1cccn2c(C(=O)C(C)C)cnc12. The third kappa shape index (κ3) is 1.54. The maximum absolute atomic E-state index is 11.9. The Balaban J connectivity index is 2.64. The maximum Gasteiger partial charge on any atom is 0.183 e. The molecule has 15 heavy (non-hydrogen) atoms. The second-order valence-electron chi connectivity index (χ2n) is 4.05. The molecule has 0 atom stereocenters. The Morgan fingerprint density at radius 2 is 2.20 bits per heavy atom. The molecule has 3 nitrogen and oxygen atoms in total. The lowest BCUT2D eigenvalue weighted by Crippen LogP contribution is -2.10. The van der Waals surface area contributed by atoms with E-state index in [0.29, 0.717) is 5.69 Å². The number of hydrogen-bond acceptors (Lipinski definition) is 2. The first-order chi connectivity index (χ1) is 7.11. The zero-order valence-electron chi connectivity index (χ0n) is 9.19. The van der Waals surface area contributed by atoms with Gasteiger partial charge in [-0.3, -0.25) is 9.20 Å². The standard InChI is InChI=1S/C12H14N2O/c1-8(2)11(15)10-7-13-12-9(3)5-4-6-14(10)12/h4-8H,1-3H3. The van der Waals surface area contributed by atoms with Crippen LogP contribution in [0.3, 0.4) is 0 Å². The van der Waals surface area contributed by atoms with Crippen LogP contribution in [-0.2, 0) is 0 Å². The molecule has 2 rings (SSSR count). The quantitative estimate of drug-likeness (QED) is 0.701. The number of rotatable bonds is 2. The largest absolute Gasteiger partial charge is 0.297 e. The van der Waals surface area contributed by atoms with Crippen molar-refractivity contribution in [3.8, 4) is 0 Å². The van der Waals surface area contributed by atoms with Crippen molar-refractivity contribution in [1.29, 1.82) is 0 Å². The fourth-order valence-electron chi connectivity index (χ4n) is 1.63. The average molecular weight is 202 g/mol. The summed E-state index contributed by atoms with van der Waals surface area (Å²) in [7, 11) is 0. The van der Waals surface area contributed by atoms with Crippen LogP contribution >= 0.6 is 0 Å². The maximum atomic E-state index is 11.9. The van der Waals surface area contributed by atoms with Gasteiger partial charge in [-0.05, 0) is 18.6 Å². The summed E-state index contributed by atoms with van der Waals surface area (Å²) in [6, 6.07) is 3.92. The van der Waals surface area contributed by atoms with Gasteiger partial charge in [0.2, 0.25) is 0 Å². The molecule has 0 spiro atoms. The summed E-state index contributed by atoms with van der Waals surface area (Å²) in [5, 5.41) is 0. The van der Waals surface area contributed by atoms with Crippen LogP contribution in [0.15, 0.2) is 24.5 Å². The minimum Gasteiger partial charge on any atom is -0.297 e. The number of hydrogen-bond donors (Lipinski definition) is 0. The predicted octanol–water partition coefficient (Wildman–Crippen LogP) is 2.48. The van der Waals surface area contributed by atoms with E-state index in [1.54, 1.807) is 6.20 Å². The summed E-state index contributed by atoms with van der Waals surface area (Å²) >= 11 is 0. The van der Waals surface area contributed by atoms with Crippen molar-refractivity contribution in [1.82, 2.24) is 9.38 Å². The smallest absolute Gasteiger partial charge is 0.183 e. The average Bonchev–Trinajstić information content (AvgIpc) is 2.61. The Bertz CT molecular complexity index is 511. The molecule has 0 aliphatic carbocycles. The normalized spacial score (nSPS) is 11.2. The van der Waals surface area contributed by atoms with E-state index >= 15 is 0 Å². The van der Waals surface area contributed by atoms with Gasteiger partial charge in [0, 0.05) is 12.1 Å². The van der Waals surface area contributed by atoms with E-state index < -0.39 is 0 Å². The minimum atomic E-state index is 0.00501. The van der Waals surface area contributed by atoms with Gasteiger partial charge < -0.3 is 0 Å². The molecule has 78 valence electrons. The van der Waals surface area contributed by atoms with E-state index in [0.717, 1.165) is 11.2 Å². The van der Waals surface area contributed by atoms with Gasteiger partial charge in [0.15, 0.2) is 5.78 Å². The number of ketones is 1. The zero-order chi connectivity index (χ0) is 11.0. The van der Waals surface area contributed by atoms with Gasteiger partial charge in [-0.15, -0.1) is 0 Å². The first-order valence-corrected chi connectivity index (χ1v) is 5.08. The summed E-state index contributed by atoms with van der Waals surface area (Å²) in [6.07, 6.45) is 3.54. The van der Waals surface area contributed by atoms with Gasteiger partial charge in [0.1, 0.15) is 11.3 Å². The Kier molecular flexibility index (Phi) is 2.31. The Labute approximate surface area is 88.8 Å². The summed E-state index contributed by atoms with van der Waals surface area (Å²) in [5.74, 6) is 0.138. The zero-order valence-corrected chi connectivity index (χ0v) is 9.19. The molecule has 0 N–H and O–H groups in total. The molecule has 0 fully saturated rings. The van der Waals surface area contributed by atoms with Gasteiger partial charge >= 0.3 is 0 Å². The highest BCUT2D eigenvalue weighted by Gasteiger charge is 2.15. The van der Waals surface area contributed by atoms with Crippen molar-refractivity contribution in [2.24, 2.45) is 5.92 Å². The molecule has 0 saturated heterocycles. The molecule has 3 heteroatoms. The minimum absolute atomic E-state index is 0.00501. The lowest BCUT2D eigenvalue weighted by atomic mass is 10.1. The van der Waals surface area contributed by atoms with Crippen LogP contribution in [0.4, 0.5) is 0 Å². The van der Waals surface area contributed by atoms with Gasteiger partial charge in [-0.2, -0.15) is 0 Å². The van der Waals surface area contributed by atoms with E-state index in [-0.39, 0.29) is 11.7 Å². The number of aromatic nitrogens is 2. The molecule has 0 amide bonds. The molecule has 0 aromatic carbocycles. The highest BCUT2D eigenvalue weighted by molar-refractivity contribution is 5.96. The first-order valence-electron chi connectivity index (χ1n) is 5.08. The third-order valence-corrected chi connectivity index (χ3v) is 2.51. The van der Waals surface area contributed by atoms with Crippen molar-refractivity contribution in [2.45, 2.75) is 20.8 Å². The predicted molar refractivity (Wildman–Crippen MR) is 59.1 cm³/mol. The molecule has 0 unspecified atom stereocenters. The van der Waals surface area contributed by atoms with Gasteiger partial charge in [-0.25, -0.2) is 4.98 Å². The number of fused-ring (bicyclic) bond motifs is 1. The van der Waals surface area contributed by atoms with Gasteiger partial charge in [0.25, 0.3) is 0 Å². The van der Waals surface area contributed by atoms with Crippen LogP contribution in [0.1, 0.15) is 29.9 Å². The molecule has 0 bridgehead atoms. The lowest BCUT2D eigenvalue weighted by Gasteiger charge is -2.04. The van der Waals surface area contributed by atoms with Crippen LogP contribution < -0.4 is 0 Å². The fraction of sp³-hybridized carbons (Fsp3) is 0.333. The summed E-state index contributed by atoms with van der Waals surface area (Å²) in [6.45, 7) is 5.79. The summed E-state index contributed by atoms with van der Waals surface area (Å²) in [5.41, 5.74) is 2.62. The molecule has 2 aromatic rings. The van der Waals surface area contributed by atoms with Crippen LogP contribution in [0, 0.1) is 12.8 Å². The van der Waals surface area contributed by atoms with E-state index in [4.69, 9.17) is 0 Å². The summed E-state index contributed by atoms with van der Waals surface area (Å²) in [4.78, 5) is 16.1. The molecule has 0 saturated carbocycles. The lowest BCUT2D eigenvalue weighted by molar-refractivity contribution is 0.0933. The van der Waals surface area contributed by atoms with Crippen LogP contribution in [0.25, 0.3) is 5.65 Å². The molecule has 0 aliphatic rings. The molecule has 0 aliphatic heterocycles.